The van der Waals surface area contributed by atoms with E-state index in [4.69, 9.17) is 0 Å². The van der Waals surface area contributed by atoms with Gasteiger partial charge in [-0.3, -0.25) is 9.79 Å². The Labute approximate surface area is 116 Å². The topological polar surface area (TPSA) is 65.5 Å². The minimum atomic E-state index is -0.196. The molecule has 0 aromatic heterocycles. The van der Waals surface area contributed by atoms with E-state index in [0.717, 1.165) is 5.92 Å². The molecule has 1 saturated carbocycles. The third-order valence-electron chi connectivity index (χ3n) is 3.06. The van der Waals surface area contributed by atoms with Crippen LogP contribution in [0.4, 0.5) is 0 Å². The predicted octanol–water partition coefficient (Wildman–Crippen LogP) is 1.25. The molecule has 1 amide bonds. The normalized spacial score (nSPS) is 22.9. The van der Waals surface area contributed by atoms with Gasteiger partial charge < -0.3 is 16.0 Å². The SMILES string of the molecule is CCCC1CC1NC(=NC)NCC(=O)NC(C)(C)C. The van der Waals surface area contributed by atoms with Gasteiger partial charge >= 0.3 is 0 Å². The summed E-state index contributed by atoms with van der Waals surface area (Å²) in [4.78, 5) is 15.8. The zero-order chi connectivity index (χ0) is 14.5. The zero-order valence-electron chi connectivity index (χ0n) is 12.8. The monoisotopic (exact) mass is 268 g/mol. The summed E-state index contributed by atoms with van der Waals surface area (Å²) >= 11 is 0. The molecular weight excluding hydrogens is 240 g/mol. The highest BCUT2D eigenvalue weighted by Crippen LogP contribution is 2.34. The van der Waals surface area contributed by atoms with Crippen molar-refractivity contribution in [1.29, 1.82) is 0 Å². The fraction of sp³-hybridized carbons (Fsp3) is 0.857. The number of guanidine groups is 1. The molecule has 1 aliphatic rings. The third-order valence-corrected chi connectivity index (χ3v) is 3.06. The smallest absolute Gasteiger partial charge is 0.239 e. The average molecular weight is 268 g/mol. The summed E-state index contributed by atoms with van der Waals surface area (Å²) in [6.07, 6.45) is 3.70. The van der Waals surface area contributed by atoms with E-state index in [9.17, 15) is 4.79 Å². The van der Waals surface area contributed by atoms with Gasteiger partial charge in [-0.2, -0.15) is 0 Å². The molecule has 0 aromatic carbocycles. The maximum atomic E-state index is 11.7. The summed E-state index contributed by atoms with van der Waals surface area (Å²) in [5.41, 5.74) is -0.196. The number of aliphatic imine (C=N–C) groups is 1. The molecule has 2 unspecified atom stereocenters. The molecule has 0 radical (unpaired) electrons. The number of carbonyl (C=O) groups excluding carboxylic acids is 1. The molecule has 1 aliphatic carbocycles. The molecule has 1 rings (SSSR count). The molecule has 0 saturated heterocycles. The van der Waals surface area contributed by atoms with E-state index in [1.165, 1.54) is 19.3 Å². The van der Waals surface area contributed by atoms with Gasteiger partial charge in [0, 0.05) is 18.6 Å². The van der Waals surface area contributed by atoms with Crippen molar-refractivity contribution in [3.63, 3.8) is 0 Å². The van der Waals surface area contributed by atoms with Crippen molar-refractivity contribution < 1.29 is 4.79 Å². The number of hydrogen-bond donors (Lipinski definition) is 3. The Hall–Kier alpha value is -1.26. The van der Waals surface area contributed by atoms with E-state index in [0.29, 0.717) is 12.0 Å². The van der Waals surface area contributed by atoms with Crippen molar-refractivity contribution in [3.8, 4) is 0 Å². The standard InChI is InChI=1S/C14H28N4O/c1-6-7-10-8-11(10)17-13(15-5)16-9-12(19)18-14(2,3)4/h10-11H,6-9H2,1-5H3,(H,18,19)(H2,15,16,17). The van der Waals surface area contributed by atoms with E-state index >= 15 is 0 Å². The quantitative estimate of drug-likeness (QED) is 0.519. The van der Waals surface area contributed by atoms with E-state index in [2.05, 4.69) is 27.9 Å². The van der Waals surface area contributed by atoms with Crippen molar-refractivity contribution in [2.75, 3.05) is 13.6 Å². The predicted molar refractivity (Wildman–Crippen MR) is 79.2 cm³/mol. The highest BCUT2D eigenvalue weighted by Gasteiger charge is 2.36. The highest BCUT2D eigenvalue weighted by molar-refractivity contribution is 5.86. The first-order valence-electron chi connectivity index (χ1n) is 7.14. The molecule has 0 heterocycles. The number of carbonyl (C=O) groups is 1. The minimum Gasteiger partial charge on any atom is -0.353 e. The lowest BCUT2D eigenvalue weighted by Crippen LogP contribution is -2.48. The minimum absolute atomic E-state index is 0.0173. The van der Waals surface area contributed by atoms with Crippen LogP contribution in [0.5, 0.6) is 0 Å². The van der Waals surface area contributed by atoms with E-state index in [1.807, 2.05) is 20.8 Å². The van der Waals surface area contributed by atoms with Crippen LogP contribution in [0.15, 0.2) is 4.99 Å². The van der Waals surface area contributed by atoms with Crippen LogP contribution >= 0.6 is 0 Å². The molecule has 1 fully saturated rings. The third kappa shape index (κ3) is 6.45. The number of rotatable bonds is 5. The number of amides is 1. The maximum absolute atomic E-state index is 11.7. The van der Waals surface area contributed by atoms with Crippen LogP contribution in [0.2, 0.25) is 0 Å². The average Bonchev–Trinajstić information content (AvgIpc) is 3.00. The van der Waals surface area contributed by atoms with Gasteiger partial charge in [-0.25, -0.2) is 0 Å². The van der Waals surface area contributed by atoms with E-state index in [1.54, 1.807) is 7.05 Å². The van der Waals surface area contributed by atoms with E-state index in [-0.39, 0.29) is 18.0 Å². The van der Waals surface area contributed by atoms with Crippen molar-refractivity contribution in [2.45, 2.75) is 58.5 Å². The van der Waals surface area contributed by atoms with E-state index < -0.39 is 0 Å². The second-order valence-electron chi connectivity index (χ2n) is 6.26. The van der Waals surface area contributed by atoms with Crippen molar-refractivity contribution >= 4 is 11.9 Å². The van der Waals surface area contributed by atoms with Crippen LogP contribution in [0.3, 0.4) is 0 Å². The Kier molecular flexibility index (Phi) is 5.63. The van der Waals surface area contributed by atoms with Crippen LogP contribution in [-0.4, -0.2) is 37.0 Å². The van der Waals surface area contributed by atoms with Crippen molar-refractivity contribution in [2.24, 2.45) is 10.9 Å². The van der Waals surface area contributed by atoms with Gasteiger partial charge in [0.1, 0.15) is 0 Å². The summed E-state index contributed by atoms with van der Waals surface area (Å²) < 4.78 is 0. The lowest BCUT2D eigenvalue weighted by molar-refractivity contribution is -0.121. The fourth-order valence-electron chi connectivity index (χ4n) is 2.11. The van der Waals surface area contributed by atoms with Gasteiger partial charge in [0.15, 0.2) is 5.96 Å². The van der Waals surface area contributed by atoms with Gasteiger partial charge in [-0.15, -0.1) is 0 Å². The second-order valence-corrected chi connectivity index (χ2v) is 6.26. The van der Waals surface area contributed by atoms with Crippen LogP contribution in [0.25, 0.3) is 0 Å². The van der Waals surface area contributed by atoms with Crippen molar-refractivity contribution in [3.05, 3.63) is 0 Å². The zero-order valence-corrected chi connectivity index (χ0v) is 12.8. The van der Waals surface area contributed by atoms with Gasteiger partial charge in [0.2, 0.25) is 5.91 Å². The molecule has 3 N–H and O–H groups in total. The lowest BCUT2D eigenvalue weighted by atomic mass is 10.1. The first kappa shape index (κ1) is 15.8. The van der Waals surface area contributed by atoms with Gasteiger partial charge in [0.25, 0.3) is 0 Å². The lowest BCUT2D eigenvalue weighted by Gasteiger charge is -2.21. The molecule has 19 heavy (non-hydrogen) atoms. The summed E-state index contributed by atoms with van der Waals surface area (Å²) in [6, 6.07) is 0.525. The van der Waals surface area contributed by atoms with Gasteiger partial charge in [-0.1, -0.05) is 13.3 Å². The fourth-order valence-corrected chi connectivity index (χ4v) is 2.11. The summed E-state index contributed by atoms with van der Waals surface area (Å²) in [5, 5.41) is 9.32. The first-order valence-corrected chi connectivity index (χ1v) is 7.14. The van der Waals surface area contributed by atoms with Crippen LogP contribution < -0.4 is 16.0 Å². The first-order chi connectivity index (χ1) is 8.85. The molecule has 110 valence electrons. The van der Waals surface area contributed by atoms with Crippen LogP contribution in [-0.2, 0) is 4.79 Å². The van der Waals surface area contributed by atoms with Crippen LogP contribution in [0.1, 0.15) is 47.0 Å². The molecule has 0 bridgehead atoms. The molecule has 0 spiro atoms. The molecule has 0 aromatic rings. The second kappa shape index (κ2) is 6.78. The van der Waals surface area contributed by atoms with Gasteiger partial charge in [-0.05, 0) is 39.5 Å². The van der Waals surface area contributed by atoms with Crippen LogP contribution in [0, 0.1) is 5.92 Å². The number of nitrogens with one attached hydrogen (secondary N) is 3. The number of hydrogen-bond acceptors (Lipinski definition) is 2. The number of nitrogens with zero attached hydrogens (tertiary/aromatic N) is 1. The van der Waals surface area contributed by atoms with Gasteiger partial charge in [0.05, 0.1) is 6.54 Å². The molecule has 2 atom stereocenters. The highest BCUT2D eigenvalue weighted by atomic mass is 16.2. The Bertz CT molecular complexity index is 333. The Morgan fingerprint density at radius 3 is 2.58 bits per heavy atom. The molecular formula is C14H28N4O. The Balaban J connectivity index is 2.25. The summed E-state index contributed by atoms with van der Waals surface area (Å²) in [6.45, 7) is 8.37. The maximum Gasteiger partial charge on any atom is 0.239 e. The van der Waals surface area contributed by atoms with Crippen molar-refractivity contribution in [1.82, 2.24) is 16.0 Å². The molecule has 5 nitrogen and oxygen atoms in total. The summed E-state index contributed by atoms with van der Waals surface area (Å²) in [5.74, 6) is 1.47. The Morgan fingerprint density at radius 2 is 2.05 bits per heavy atom. The molecule has 0 aliphatic heterocycles. The Morgan fingerprint density at radius 1 is 1.37 bits per heavy atom. The summed E-state index contributed by atoms with van der Waals surface area (Å²) in [7, 11) is 1.73. The largest absolute Gasteiger partial charge is 0.353 e. The molecule has 5 heteroatoms.